The van der Waals surface area contributed by atoms with Gasteiger partial charge in [-0.15, -0.1) is 0 Å². The molecule has 1 aromatic carbocycles. The number of benzene rings is 1. The van der Waals surface area contributed by atoms with Crippen molar-refractivity contribution in [2.24, 2.45) is 0 Å². The van der Waals surface area contributed by atoms with E-state index in [9.17, 15) is 18.0 Å². The van der Waals surface area contributed by atoms with Crippen LogP contribution in [0.2, 0.25) is 0 Å². The standard InChI is InChI=1S/C16H22F3NO2/c1-22-15(21)20-14-10-7-9-13(12-14)8-5-3-2-4-6-11-16(17,18)19/h7,9-10,12H,2-6,8,11H2,1H3,(H,20,21). The Bertz CT molecular complexity index is 461. The third-order valence-electron chi connectivity index (χ3n) is 3.28. The molecule has 0 radical (unpaired) electrons. The van der Waals surface area contributed by atoms with E-state index >= 15 is 0 Å². The van der Waals surface area contributed by atoms with Crippen molar-refractivity contribution in [1.29, 1.82) is 0 Å². The Morgan fingerprint density at radius 2 is 1.82 bits per heavy atom. The highest BCUT2D eigenvalue weighted by Crippen LogP contribution is 2.23. The maximum Gasteiger partial charge on any atom is 0.411 e. The molecule has 0 aliphatic rings. The molecule has 0 atom stereocenters. The normalized spacial score (nSPS) is 11.3. The largest absolute Gasteiger partial charge is 0.453 e. The van der Waals surface area contributed by atoms with Crippen LogP contribution in [0.25, 0.3) is 0 Å². The van der Waals surface area contributed by atoms with E-state index in [-0.39, 0.29) is 6.42 Å². The lowest BCUT2D eigenvalue weighted by atomic mass is 10.0. The fourth-order valence-electron chi connectivity index (χ4n) is 2.16. The number of unbranched alkanes of at least 4 members (excludes halogenated alkanes) is 4. The number of ether oxygens (including phenoxy) is 1. The summed E-state index contributed by atoms with van der Waals surface area (Å²) in [5.74, 6) is 0. The predicted octanol–water partition coefficient (Wildman–Crippen LogP) is 5.31. The average Bonchev–Trinajstić information content (AvgIpc) is 2.45. The number of aryl methyl sites for hydroxylation is 1. The van der Waals surface area contributed by atoms with Crippen molar-refractivity contribution in [2.75, 3.05) is 12.4 Å². The number of nitrogens with one attached hydrogen (secondary N) is 1. The molecule has 3 nitrogen and oxygen atoms in total. The zero-order chi connectivity index (χ0) is 16.4. The first-order chi connectivity index (χ1) is 10.4. The van der Waals surface area contributed by atoms with Gasteiger partial charge in [-0.05, 0) is 37.0 Å². The Morgan fingerprint density at radius 1 is 1.14 bits per heavy atom. The van der Waals surface area contributed by atoms with Crippen molar-refractivity contribution < 1.29 is 22.7 Å². The Morgan fingerprint density at radius 3 is 2.50 bits per heavy atom. The second-order valence-corrected chi connectivity index (χ2v) is 5.20. The molecule has 0 fully saturated rings. The van der Waals surface area contributed by atoms with Gasteiger partial charge in [0.15, 0.2) is 0 Å². The Balaban J connectivity index is 2.19. The minimum atomic E-state index is -4.03. The molecule has 0 saturated carbocycles. The van der Waals surface area contributed by atoms with Gasteiger partial charge < -0.3 is 4.74 Å². The number of rotatable bonds is 8. The second-order valence-electron chi connectivity index (χ2n) is 5.20. The highest BCUT2D eigenvalue weighted by Gasteiger charge is 2.25. The monoisotopic (exact) mass is 317 g/mol. The topological polar surface area (TPSA) is 38.3 Å². The van der Waals surface area contributed by atoms with Crippen LogP contribution in [0.3, 0.4) is 0 Å². The molecule has 1 N–H and O–H groups in total. The second kappa shape index (κ2) is 9.33. The number of alkyl halides is 3. The lowest BCUT2D eigenvalue weighted by molar-refractivity contribution is -0.135. The van der Waals surface area contributed by atoms with Gasteiger partial charge in [0.05, 0.1) is 7.11 Å². The van der Waals surface area contributed by atoms with Crippen LogP contribution in [0, 0.1) is 0 Å². The van der Waals surface area contributed by atoms with E-state index in [0.717, 1.165) is 31.2 Å². The van der Waals surface area contributed by atoms with Gasteiger partial charge in [0, 0.05) is 12.1 Å². The number of anilines is 1. The summed E-state index contributed by atoms with van der Waals surface area (Å²) in [4.78, 5) is 11.1. The van der Waals surface area contributed by atoms with Gasteiger partial charge in [-0.1, -0.05) is 31.4 Å². The third-order valence-corrected chi connectivity index (χ3v) is 3.28. The highest BCUT2D eigenvalue weighted by atomic mass is 19.4. The van der Waals surface area contributed by atoms with Gasteiger partial charge in [-0.3, -0.25) is 5.32 Å². The molecule has 0 aliphatic carbocycles. The fraction of sp³-hybridized carbons (Fsp3) is 0.562. The third kappa shape index (κ3) is 8.54. The summed E-state index contributed by atoms with van der Waals surface area (Å²) in [7, 11) is 1.30. The molecule has 0 unspecified atom stereocenters. The van der Waals surface area contributed by atoms with Crippen molar-refractivity contribution in [3.63, 3.8) is 0 Å². The van der Waals surface area contributed by atoms with Gasteiger partial charge in [-0.2, -0.15) is 13.2 Å². The van der Waals surface area contributed by atoms with Crippen LogP contribution in [0.5, 0.6) is 0 Å². The molecule has 1 amide bonds. The van der Waals surface area contributed by atoms with Gasteiger partial charge in [0.2, 0.25) is 0 Å². The van der Waals surface area contributed by atoms with Crippen LogP contribution in [0.4, 0.5) is 23.7 Å². The van der Waals surface area contributed by atoms with Crippen molar-refractivity contribution >= 4 is 11.8 Å². The molecular formula is C16H22F3NO2. The quantitative estimate of drug-likeness (QED) is 0.660. The van der Waals surface area contributed by atoms with E-state index in [1.54, 1.807) is 6.07 Å². The van der Waals surface area contributed by atoms with Crippen LogP contribution in [0.1, 0.15) is 44.1 Å². The van der Waals surface area contributed by atoms with Crippen molar-refractivity contribution in [1.82, 2.24) is 0 Å². The minimum Gasteiger partial charge on any atom is -0.453 e. The first-order valence-electron chi connectivity index (χ1n) is 7.41. The van der Waals surface area contributed by atoms with Crippen LogP contribution in [-0.2, 0) is 11.2 Å². The van der Waals surface area contributed by atoms with Gasteiger partial charge in [0.25, 0.3) is 0 Å². The predicted molar refractivity (Wildman–Crippen MR) is 79.9 cm³/mol. The van der Waals surface area contributed by atoms with Gasteiger partial charge >= 0.3 is 12.3 Å². The molecule has 22 heavy (non-hydrogen) atoms. The van der Waals surface area contributed by atoms with Crippen LogP contribution in [-0.4, -0.2) is 19.4 Å². The summed E-state index contributed by atoms with van der Waals surface area (Å²) in [6.07, 6.45) is -0.916. The number of carbonyl (C=O) groups is 1. The molecule has 0 aromatic heterocycles. The van der Waals surface area contributed by atoms with Gasteiger partial charge in [-0.25, -0.2) is 4.79 Å². The lowest BCUT2D eigenvalue weighted by Crippen LogP contribution is -2.10. The summed E-state index contributed by atoms with van der Waals surface area (Å²) in [5.41, 5.74) is 1.76. The van der Waals surface area contributed by atoms with E-state index < -0.39 is 18.7 Å². The summed E-state index contributed by atoms with van der Waals surface area (Å²) in [5, 5.41) is 2.60. The van der Waals surface area contributed by atoms with Crippen molar-refractivity contribution in [3.05, 3.63) is 29.8 Å². The molecule has 0 aliphatic heterocycles. The molecule has 1 rings (SSSR count). The smallest absolute Gasteiger partial charge is 0.411 e. The number of hydrogen-bond donors (Lipinski definition) is 1. The van der Waals surface area contributed by atoms with Crippen molar-refractivity contribution in [2.45, 2.75) is 51.1 Å². The van der Waals surface area contributed by atoms with Crippen molar-refractivity contribution in [3.8, 4) is 0 Å². The van der Waals surface area contributed by atoms with Crippen LogP contribution >= 0.6 is 0 Å². The van der Waals surface area contributed by atoms with E-state index in [1.165, 1.54) is 7.11 Å². The molecule has 0 saturated heterocycles. The minimum absolute atomic E-state index is 0.210. The Kier molecular flexibility index (Phi) is 7.77. The first-order valence-corrected chi connectivity index (χ1v) is 7.41. The van der Waals surface area contributed by atoms with Crippen LogP contribution in [0.15, 0.2) is 24.3 Å². The van der Waals surface area contributed by atoms with E-state index in [4.69, 9.17) is 0 Å². The van der Waals surface area contributed by atoms with E-state index in [1.807, 2.05) is 18.2 Å². The molecule has 0 heterocycles. The van der Waals surface area contributed by atoms with Crippen LogP contribution < -0.4 is 5.32 Å². The molecule has 1 aromatic rings. The maximum atomic E-state index is 12.0. The molecule has 6 heteroatoms. The average molecular weight is 317 g/mol. The molecular weight excluding hydrogens is 295 g/mol. The summed E-state index contributed by atoms with van der Waals surface area (Å²) in [6, 6.07) is 7.47. The maximum absolute atomic E-state index is 12.0. The number of methoxy groups -OCH3 is 1. The fourth-order valence-corrected chi connectivity index (χ4v) is 2.16. The lowest BCUT2D eigenvalue weighted by Gasteiger charge is -2.07. The highest BCUT2D eigenvalue weighted by molar-refractivity contribution is 5.84. The summed E-state index contributed by atoms with van der Waals surface area (Å²) >= 11 is 0. The molecule has 0 bridgehead atoms. The van der Waals surface area contributed by atoms with E-state index in [2.05, 4.69) is 10.1 Å². The number of amides is 1. The number of carbonyl (C=O) groups excluding carboxylic acids is 1. The zero-order valence-electron chi connectivity index (χ0n) is 12.7. The van der Waals surface area contributed by atoms with E-state index in [0.29, 0.717) is 12.1 Å². The SMILES string of the molecule is COC(=O)Nc1cccc(CCCCCCCC(F)(F)F)c1. The zero-order valence-corrected chi connectivity index (χ0v) is 12.7. The van der Waals surface area contributed by atoms with Gasteiger partial charge in [0.1, 0.15) is 0 Å². The summed E-state index contributed by atoms with van der Waals surface area (Å²) in [6.45, 7) is 0. The Labute approximate surface area is 128 Å². The number of halogens is 3. The molecule has 0 spiro atoms. The number of hydrogen-bond acceptors (Lipinski definition) is 2. The molecule has 124 valence electrons. The Hall–Kier alpha value is -1.72. The summed E-state index contributed by atoms with van der Waals surface area (Å²) < 4.78 is 40.4. The first kappa shape index (κ1) is 18.3.